The summed E-state index contributed by atoms with van der Waals surface area (Å²) in [5, 5.41) is 81.7. The normalized spacial score (nSPS) is 25.6. The van der Waals surface area contributed by atoms with E-state index in [9.17, 15) is 0 Å². The predicted octanol–water partition coefficient (Wildman–Crippen LogP) is 17.9. The van der Waals surface area contributed by atoms with Crippen LogP contribution >= 0.6 is 0 Å². The Morgan fingerprint density at radius 2 is 0.373 bits per heavy atom. The molecule has 67 heavy (non-hydrogen) atoms. The number of fused-ring (bicyclic) bond motifs is 5. The van der Waals surface area contributed by atoms with Crippen molar-refractivity contribution in [1.29, 1.82) is 0 Å². The van der Waals surface area contributed by atoms with E-state index in [1.807, 2.05) is 22.3 Å². The molecule has 280 valence electrons. The lowest BCUT2D eigenvalue weighted by Gasteiger charge is -2.50. The van der Waals surface area contributed by atoms with Crippen LogP contribution in [0.4, 0.5) is 5.69 Å². The third kappa shape index (κ3) is 1.34. The lowest BCUT2D eigenvalue weighted by molar-refractivity contribution is 0.430. The minimum atomic E-state index is 0.305. The fourth-order valence-electron chi connectivity index (χ4n) is 25.2. The molecule has 26 aromatic carbocycles. The van der Waals surface area contributed by atoms with Gasteiger partial charge in [-0.1, -0.05) is 18.2 Å². The zero-order chi connectivity index (χ0) is 39.3. The first-order valence-electron chi connectivity index (χ1n) is 25.5. The summed E-state index contributed by atoms with van der Waals surface area (Å²) in [5.41, 5.74) is 12.3. The molecule has 0 N–H and O–H groups in total. The van der Waals surface area contributed by atoms with Crippen LogP contribution < -0.4 is 4.90 Å². The molecule has 6 unspecified atom stereocenters. The lowest BCUT2D eigenvalue weighted by Crippen LogP contribution is -2.41. The van der Waals surface area contributed by atoms with Gasteiger partial charge in [0.15, 0.2) is 0 Å². The van der Waals surface area contributed by atoms with E-state index in [1.54, 1.807) is 270 Å². The number of rotatable bonds is 1. The van der Waals surface area contributed by atoms with Gasteiger partial charge in [-0.15, -0.1) is 0 Å². The second kappa shape index (κ2) is 5.63. The monoisotopic (exact) mass is 817 g/mol. The molecule has 0 saturated heterocycles. The molecule has 1 heteroatoms. The number of hydrogen-bond donors (Lipinski definition) is 0. The highest BCUT2D eigenvalue weighted by Gasteiger charge is 2.67. The Balaban J connectivity index is 1.20. The molecule has 6 aliphatic rings. The third-order valence-electron chi connectivity index (χ3n) is 25.2. The van der Waals surface area contributed by atoms with Gasteiger partial charge in [0.2, 0.25) is 0 Å². The highest BCUT2D eigenvalue weighted by Crippen LogP contribution is 2.86. The molecule has 1 nitrogen and oxygen atoms in total. The van der Waals surface area contributed by atoms with Gasteiger partial charge in [0.1, 0.15) is 0 Å². The minimum Gasteiger partial charge on any atom is -0.356 e. The van der Waals surface area contributed by atoms with Gasteiger partial charge in [0.25, 0.3) is 0 Å². The largest absolute Gasteiger partial charge is 0.356 e. The van der Waals surface area contributed by atoms with Crippen LogP contribution in [0.1, 0.15) is 69.1 Å². The molecule has 0 bridgehead atoms. The van der Waals surface area contributed by atoms with Crippen LogP contribution in [-0.2, 0) is 0 Å². The summed E-state index contributed by atoms with van der Waals surface area (Å²) in [6.45, 7) is 0. The molecule has 0 spiro atoms. The van der Waals surface area contributed by atoms with E-state index in [0.29, 0.717) is 35.8 Å². The Morgan fingerprint density at radius 3 is 0.642 bits per heavy atom. The first kappa shape index (κ1) is 24.5. The molecule has 0 aromatic heterocycles. The number of hydrogen-bond acceptors (Lipinski definition) is 1. The first-order valence-corrected chi connectivity index (χ1v) is 25.5. The molecule has 0 amide bonds. The van der Waals surface area contributed by atoms with Crippen LogP contribution in [0, 0.1) is 0 Å². The first-order chi connectivity index (χ1) is 33.5. The fourth-order valence-corrected chi connectivity index (χ4v) is 25.2. The van der Waals surface area contributed by atoms with Crippen LogP contribution in [0.5, 0.6) is 0 Å². The summed E-state index contributed by atoms with van der Waals surface area (Å²) in [4.78, 5) is 3.19. The zero-order valence-electron chi connectivity index (χ0n) is 34.3. The third-order valence-corrected chi connectivity index (χ3v) is 25.2. The highest BCUT2D eigenvalue weighted by molar-refractivity contribution is 6.79. The second-order valence-corrected chi connectivity index (χ2v) is 25.2. The quantitative estimate of drug-likeness (QED) is 0.149. The Labute approximate surface area is 366 Å². The smallest absolute Gasteiger partial charge is 0.0636 e. The molecule has 0 saturated carbocycles. The van der Waals surface area contributed by atoms with Crippen molar-refractivity contribution in [2.75, 3.05) is 4.90 Å². The Hall–Kier alpha value is -8.00. The van der Waals surface area contributed by atoms with Crippen LogP contribution in [0.25, 0.3) is 259 Å². The van der Waals surface area contributed by atoms with E-state index in [4.69, 9.17) is 0 Å². The Bertz CT molecular complexity index is 6620. The summed E-state index contributed by atoms with van der Waals surface area (Å²) in [6, 6.07) is 12.7. The van der Waals surface area contributed by atoms with Gasteiger partial charge < -0.3 is 4.90 Å². The summed E-state index contributed by atoms with van der Waals surface area (Å²) in [7, 11) is 0. The standard InChI is InChI=1S/C66H11N/c1-2-4-6(5-3-1)67-65-61-54-47-35-27-18-9-7-8-10-13(9)22-29(27)37-38-30(22)28-19(10)21-17-12(8)15-14-11(7)16-20(18)33(35)41-39-25(16)23(14)31-32-24(15)26(17)40-42-34(21)36(28)48-50(38)59(58(61)49(37)47)62-55(48)53(42)57-46(40)44(32)51-43(31)45(39)56(52(41)54)63(65)60(51)64(57)66(62)67/h1-5,58-59,61-62,65-66H. The van der Waals surface area contributed by atoms with Crippen molar-refractivity contribution in [3.63, 3.8) is 0 Å². The molecule has 32 rings (SSSR count). The Kier molecular flexibility index (Phi) is 2.06. The molecule has 1 heterocycles. The minimum absolute atomic E-state index is 0.305. The molecule has 0 radical (unpaired) electrons. The molecule has 26 aromatic rings. The van der Waals surface area contributed by atoms with Gasteiger partial charge in [-0.25, -0.2) is 0 Å². The summed E-state index contributed by atoms with van der Waals surface area (Å²) >= 11 is 0. The maximum atomic E-state index is 3.19. The summed E-state index contributed by atoms with van der Waals surface area (Å²) in [5.74, 6) is 1.80. The van der Waals surface area contributed by atoms with Crippen molar-refractivity contribution in [1.82, 2.24) is 0 Å². The van der Waals surface area contributed by atoms with Gasteiger partial charge in [-0.05, 0) is 304 Å². The average molecular weight is 818 g/mol. The van der Waals surface area contributed by atoms with Crippen LogP contribution in [0.3, 0.4) is 0 Å². The zero-order valence-corrected chi connectivity index (χ0v) is 34.3. The average Bonchev–Trinajstić information content (AvgIpc) is 4.21. The van der Waals surface area contributed by atoms with Crippen LogP contribution in [0.15, 0.2) is 30.3 Å². The molecule has 5 aliphatic carbocycles. The van der Waals surface area contributed by atoms with Gasteiger partial charge >= 0.3 is 0 Å². The van der Waals surface area contributed by atoms with E-state index < -0.39 is 0 Å². The lowest BCUT2D eigenvalue weighted by atomic mass is 9.65. The highest BCUT2D eigenvalue weighted by atomic mass is 15.2. The second-order valence-electron chi connectivity index (χ2n) is 25.2. The van der Waals surface area contributed by atoms with E-state index in [1.165, 1.54) is 5.69 Å². The van der Waals surface area contributed by atoms with Crippen molar-refractivity contribution in [3.05, 3.63) is 63.7 Å². The van der Waals surface area contributed by atoms with Crippen molar-refractivity contribution in [3.8, 4) is 0 Å². The number of para-hydroxylation sites is 1. The van der Waals surface area contributed by atoms with Crippen LogP contribution in [0.2, 0.25) is 0 Å². The van der Waals surface area contributed by atoms with Gasteiger partial charge in [0, 0.05) is 29.4 Å². The van der Waals surface area contributed by atoms with E-state index in [-0.39, 0.29) is 0 Å². The van der Waals surface area contributed by atoms with Crippen molar-refractivity contribution < 1.29 is 0 Å². The SMILES string of the molecule is c1ccc(N2C3c4c5c6c7c8c9c%10c%11c%12c%13c%14c%15c(c%16c4c4c%17c5c5c7c7c8c8c%10c%10c%12c%12c%13c%13c%15c%15c%16c4c4c%16c%15c%13c%13c%12c%12c%10c8c8c7c7c5c%17c4c4c%16c%13c%12c8c74)C3C%14C%11C9C62)cc1. The van der Waals surface area contributed by atoms with Gasteiger partial charge in [-0.2, -0.15) is 0 Å². The maximum Gasteiger partial charge on any atom is 0.0636 e. The number of benzene rings is 17. The van der Waals surface area contributed by atoms with Crippen molar-refractivity contribution in [2.45, 2.75) is 35.8 Å². The molecular weight excluding hydrogens is 807 g/mol. The summed E-state index contributed by atoms with van der Waals surface area (Å²) in [6.07, 6.45) is 0. The number of nitrogens with zero attached hydrogens (tertiary/aromatic N) is 1. The molecule has 0 fully saturated rings. The van der Waals surface area contributed by atoms with Crippen LogP contribution in [-0.4, -0.2) is 0 Å². The van der Waals surface area contributed by atoms with E-state index in [2.05, 4.69) is 35.2 Å². The van der Waals surface area contributed by atoms with E-state index in [0.717, 1.165) is 0 Å². The number of anilines is 1. The van der Waals surface area contributed by atoms with Crippen molar-refractivity contribution >= 4 is 264 Å². The predicted molar refractivity (Wildman–Crippen MR) is 280 cm³/mol. The fraction of sp³-hybridized carbons (Fsp3) is 0.0909. The van der Waals surface area contributed by atoms with Gasteiger partial charge in [-0.3, -0.25) is 0 Å². The molecule has 1 aliphatic heterocycles. The Morgan fingerprint density at radius 1 is 0.179 bits per heavy atom. The van der Waals surface area contributed by atoms with E-state index >= 15 is 0 Å². The molecule has 6 atom stereocenters. The summed E-state index contributed by atoms with van der Waals surface area (Å²) < 4.78 is 0. The van der Waals surface area contributed by atoms with Crippen molar-refractivity contribution in [2.24, 2.45) is 0 Å². The maximum absolute atomic E-state index is 3.19. The topological polar surface area (TPSA) is 3.24 Å². The molecular formula is C66H11N. The van der Waals surface area contributed by atoms with Gasteiger partial charge in [0.05, 0.1) is 12.1 Å².